The van der Waals surface area contributed by atoms with Crippen molar-refractivity contribution < 1.29 is 4.42 Å². The first kappa shape index (κ1) is 11.1. The molecule has 2 aromatic rings. The first-order valence-corrected chi connectivity index (χ1v) is 5.22. The summed E-state index contributed by atoms with van der Waals surface area (Å²) in [5.74, 6) is 1.08. The first-order chi connectivity index (χ1) is 7.75. The summed E-state index contributed by atoms with van der Waals surface area (Å²) >= 11 is 11.6. The molecular weight excluding hydrogens is 249 g/mol. The molecule has 0 amide bonds. The number of azo groups is 1. The summed E-state index contributed by atoms with van der Waals surface area (Å²) in [6.45, 7) is 0.355. The Kier molecular flexibility index (Phi) is 3.54. The van der Waals surface area contributed by atoms with E-state index in [9.17, 15) is 0 Å². The molecule has 82 valence electrons. The van der Waals surface area contributed by atoms with E-state index in [0.717, 1.165) is 5.76 Å². The fourth-order valence-electron chi connectivity index (χ4n) is 1.06. The van der Waals surface area contributed by atoms with Gasteiger partial charge in [-0.25, -0.2) is 4.98 Å². The SMILES string of the molecule is Clc1cnc(N=NCc2ccco2)c(Cl)c1. The molecule has 0 aromatic carbocycles. The highest BCUT2D eigenvalue weighted by atomic mass is 35.5. The molecular formula is C10H7Cl2N3O. The molecule has 0 saturated carbocycles. The molecule has 0 spiro atoms. The molecule has 2 rings (SSSR count). The Bertz CT molecular complexity index is 497. The molecule has 0 fully saturated rings. The van der Waals surface area contributed by atoms with E-state index in [4.69, 9.17) is 27.6 Å². The van der Waals surface area contributed by atoms with Crippen LogP contribution in [0.4, 0.5) is 5.82 Å². The summed E-state index contributed by atoms with van der Waals surface area (Å²) < 4.78 is 5.09. The Morgan fingerprint density at radius 3 is 2.94 bits per heavy atom. The maximum absolute atomic E-state index is 5.87. The van der Waals surface area contributed by atoms with E-state index in [-0.39, 0.29) is 0 Å². The lowest BCUT2D eigenvalue weighted by Gasteiger charge is -1.95. The lowest BCUT2D eigenvalue weighted by atomic mass is 10.4. The van der Waals surface area contributed by atoms with E-state index >= 15 is 0 Å². The second-order valence-corrected chi connectivity index (χ2v) is 3.78. The van der Waals surface area contributed by atoms with Crippen LogP contribution < -0.4 is 0 Å². The average molecular weight is 256 g/mol. The van der Waals surface area contributed by atoms with Gasteiger partial charge < -0.3 is 4.42 Å². The minimum absolute atomic E-state index is 0.345. The molecule has 0 radical (unpaired) electrons. The number of aromatic nitrogens is 1. The van der Waals surface area contributed by atoms with Gasteiger partial charge >= 0.3 is 0 Å². The van der Waals surface area contributed by atoms with Gasteiger partial charge in [-0.05, 0) is 18.2 Å². The zero-order valence-corrected chi connectivity index (χ0v) is 9.61. The molecule has 0 aliphatic rings. The lowest BCUT2D eigenvalue weighted by Crippen LogP contribution is -1.77. The van der Waals surface area contributed by atoms with Gasteiger partial charge in [-0.3, -0.25) is 0 Å². The van der Waals surface area contributed by atoms with Crippen molar-refractivity contribution in [3.8, 4) is 0 Å². The fraction of sp³-hybridized carbons (Fsp3) is 0.100. The Morgan fingerprint density at radius 2 is 2.25 bits per heavy atom. The van der Waals surface area contributed by atoms with Crippen molar-refractivity contribution in [3.05, 3.63) is 46.5 Å². The summed E-state index contributed by atoms with van der Waals surface area (Å²) in [6, 6.07) is 5.17. The van der Waals surface area contributed by atoms with Crippen LogP contribution in [0, 0.1) is 0 Å². The number of hydrogen-bond acceptors (Lipinski definition) is 4. The summed E-state index contributed by atoms with van der Waals surface area (Å²) in [7, 11) is 0. The van der Waals surface area contributed by atoms with Crippen LogP contribution in [0.1, 0.15) is 5.76 Å². The molecule has 16 heavy (non-hydrogen) atoms. The Balaban J connectivity index is 2.06. The Hall–Kier alpha value is -1.39. The number of rotatable bonds is 3. The van der Waals surface area contributed by atoms with Crippen LogP contribution in [0.5, 0.6) is 0 Å². The van der Waals surface area contributed by atoms with Crippen LogP contribution in [0.25, 0.3) is 0 Å². The lowest BCUT2D eigenvalue weighted by molar-refractivity contribution is 0.509. The minimum atomic E-state index is 0.345. The van der Waals surface area contributed by atoms with Gasteiger partial charge in [0.05, 0.1) is 16.3 Å². The van der Waals surface area contributed by atoms with E-state index in [0.29, 0.717) is 22.4 Å². The summed E-state index contributed by atoms with van der Waals surface area (Å²) in [5, 5.41) is 8.64. The minimum Gasteiger partial charge on any atom is -0.467 e. The molecule has 0 atom stereocenters. The molecule has 0 N–H and O–H groups in total. The van der Waals surface area contributed by atoms with E-state index in [1.807, 2.05) is 6.07 Å². The molecule has 0 saturated heterocycles. The Labute approximate surface area is 102 Å². The van der Waals surface area contributed by atoms with Gasteiger partial charge in [0.15, 0.2) is 5.82 Å². The predicted molar refractivity (Wildman–Crippen MR) is 61.2 cm³/mol. The number of pyridine rings is 1. The highest BCUT2D eigenvalue weighted by Gasteiger charge is 2.01. The molecule has 2 heterocycles. The van der Waals surface area contributed by atoms with E-state index < -0.39 is 0 Å². The van der Waals surface area contributed by atoms with Gasteiger partial charge in [-0.2, -0.15) is 5.11 Å². The van der Waals surface area contributed by atoms with E-state index in [1.165, 1.54) is 6.20 Å². The third-order valence-electron chi connectivity index (χ3n) is 1.76. The number of furan rings is 1. The van der Waals surface area contributed by atoms with E-state index in [1.54, 1.807) is 18.4 Å². The van der Waals surface area contributed by atoms with Crippen LogP contribution >= 0.6 is 23.2 Å². The van der Waals surface area contributed by atoms with Gasteiger partial charge in [0.2, 0.25) is 0 Å². The van der Waals surface area contributed by atoms with Gasteiger partial charge in [-0.1, -0.05) is 23.2 Å². The van der Waals surface area contributed by atoms with Crippen molar-refractivity contribution in [3.63, 3.8) is 0 Å². The van der Waals surface area contributed by atoms with Crippen LogP contribution in [-0.2, 0) is 6.54 Å². The van der Waals surface area contributed by atoms with Crippen LogP contribution in [-0.4, -0.2) is 4.98 Å². The molecule has 2 aromatic heterocycles. The van der Waals surface area contributed by atoms with Crippen LogP contribution in [0.2, 0.25) is 10.0 Å². The van der Waals surface area contributed by atoms with Crippen LogP contribution in [0.3, 0.4) is 0 Å². The van der Waals surface area contributed by atoms with Crippen molar-refractivity contribution in [2.24, 2.45) is 10.2 Å². The van der Waals surface area contributed by atoms with Gasteiger partial charge in [0.1, 0.15) is 12.3 Å². The van der Waals surface area contributed by atoms with Gasteiger partial charge in [-0.15, -0.1) is 5.11 Å². The predicted octanol–water partition coefficient (Wildman–Crippen LogP) is 4.27. The zero-order valence-electron chi connectivity index (χ0n) is 8.10. The molecule has 4 nitrogen and oxygen atoms in total. The van der Waals surface area contributed by atoms with Gasteiger partial charge in [0.25, 0.3) is 0 Å². The normalized spacial score (nSPS) is 11.1. The Morgan fingerprint density at radius 1 is 1.38 bits per heavy atom. The van der Waals surface area contributed by atoms with Crippen molar-refractivity contribution >= 4 is 29.0 Å². The summed E-state index contributed by atoms with van der Waals surface area (Å²) in [5.41, 5.74) is 0. The van der Waals surface area contributed by atoms with Gasteiger partial charge in [0, 0.05) is 6.20 Å². The maximum Gasteiger partial charge on any atom is 0.192 e. The van der Waals surface area contributed by atoms with Crippen molar-refractivity contribution in [2.75, 3.05) is 0 Å². The van der Waals surface area contributed by atoms with Crippen molar-refractivity contribution in [1.29, 1.82) is 0 Å². The standard InChI is InChI=1S/C10H7Cl2N3O/c11-7-4-9(12)10(13-5-7)15-14-6-8-2-1-3-16-8/h1-5H,6H2. The number of hydrogen-bond donors (Lipinski definition) is 0. The average Bonchev–Trinajstić information content (AvgIpc) is 2.74. The fourth-order valence-corrected chi connectivity index (χ4v) is 1.47. The van der Waals surface area contributed by atoms with Crippen LogP contribution in [0.15, 0.2) is 45.3 Å². The number of halogens is 2. The smallest absolute Gasteiger partial charge is 0.192 e. The molecule has 0 aliphatic heterocycles. The summed E-state index contributed by atoms with van der Waals surface area (Å²) in [4.78, 5) is 3.94. The third kappa shape index (κ3) is 2.81. The topological polar surface area (TPSA) is 50.8 Å². The highest BCUT2D eigenvalue weighted by Crippen LogP contribution is 2.25. The molecule has 0 unspecified atom stereocenters. The second kappa shape index (κ2) is 5.09. The molecule has 0 aliphatic carbocycles. The highest BCUT2D eigenvalue weighted by molar-refractivity contribution is 6.35. The monoisotopic (exact) mass is 255 g/mol. The number of nitrogens with zero attached hydrogens (tertiary/aromatic N) is 3. The summed E-state index contributed by atoms with van der Waals surface area (Å²) in [6.07, 6.45) is 3.05. The van der Waals surface area contributed by atoms with Crippen molar-refractivity contribution in [2.45, 2.75) is 6.54 Å². The first-order valence-electron chi connectivity index (χ1n) is 4.46. The largest absolute Gasteiger partial charge is 0.467 e. The maximum atomic E-state index is 5.87. The second-order valence-electron chi connectivity index (χ2n) is 2.94. The van der Waals surface area contributed by atoms with Crippen molar-refractivity contribution in [1.82, 2.24) is 4.98 Å². The molecule has 6 heteroatoms. The quantitative estimate of drug-likeness (QED) is 0.770. The molecule has 0 bridgehead atoms. The third-order valence-corrected chi connectivity index (χ3v) is 2.25. The zero-order chi connectivity index (χ0) is 11.4. The van der Waals surface area contributed by atoms with E-state index in [2.05, 4.69) is 15.2 Å².